The SMILES string of the molecule is CC1CNCCN1C(=O)c1ccc(SCc2ccccc2)cc1. The minimum atomic E-state index is 0.138. The third-order valence-corrected chi connectivity index (χ3v) is 5.19. The van der Waals surface area contributed by atoms with Crippen LogP contribution in [-0.2, 0) is 5.75 Å². The van der Waals surface area contributed by atoms with Crippen LogP contribution >= 0.6 is 11.8 Å². The number of rotatable bonds is 4. The van der Waals surface area contributed by atoms with Gasteiger partial charge in [-0.3, -0.25) is 4.79 Å². The minimum absolute atomic E-state index is 0.138. The maximum absolute atomic E-state index is 12.6. The zero-order valence-corrected chi connectivity index (χ0v) is 14.2. The predicted molar refractivity (Wildman–Crippen MR) is 95.8 cm³/mol. The van der Waals surface area contributed by atoms with Crippen molar-refractivity contribution in [3.8, 4) is 0 Å². The van der Waals surface area contributed by atoms with Crippen molar-refractivity contribution >= 4 is 17.7 Å². The predicted octanol–water partition coefficient (Wildman–Crippen LogP) is 3.41. The molecular weight excluding hydrogens is 304 g/mol. The molecule has 23 heavy (non-hydrogen) atoms. The van der Waals surface area contributed by atoms with Crippen molar-refractivity contribution in [3.63, 3.8) is 0 Å². The highest BCUT2D eigenvalue weighted by Gasteiger charge is 2.23. The molecule has 0 bridgehead atoms. The number of carbonyl (C=O) groups excluding carboxylic acids is 1. The second-order valence-electron chi connectivity index (χ2n) is 5.85. The molecule has 1 amide bonds. The number of benzene rings is 2. The number of carbonyl (C=O) groups is 1. The van der Waals surface area contributed by atoms with Crippen LogP contribution in [-0.4, -0.2) is 36.5 Å². The van der Waals surface area contributed by atoms with Gasteiger partial charge in [0.25, 0.3) is 5.91 Å². The average molecular weight is 326 g/mol. The van der Waals surface area contributed by atoms with Crippen molar-refractivity contribution in [2.75, 3.05) is 19.6 Å². The molecule has 1 aliphatic heterocycles. The van der Waals surface area contributed by atoms with Gasteiger partial charge in [-0.05, 0) is 36.8 Å². The van der Waals surface area contributed by atoms with Crippen molar-refractivity contribution in [1.82, 2.24) is 10.2 Å². The fourth-order valence-corrected chi connectivity index (χ4v) is 3.60. The van der Waals surface area contributed by atoms with E-state index in [1.54, 1.807) is 11.8 Å². The number of hydrogen-bond acceptors (Lipinski definition) is 3. The van der Waals surface area contributed by atoms with Gasteiger partial charge in [-0.1, -0.05) is 30.3 Å². The fraction of sp³-hybridized carbons (Fsp3) is 0.316. The van der Waals surface area contributed by atoms with Gasteiger partial charge in [-0.2, -0.15) is 0 Å². The summed E-state index contributed by atoms with van der Waals surface area (Å²) in [6, 6.07) is 18.7. The quantitative estimate of drug-likeness (QED) is 0.874. The van der Waals surface area contributed by atoms with E-state index in [0.29, 0.717) is 0 Å². The zero-order valence-electron chi connectivity index (χ0n) is 13.4. The second-order valence-corrected chi connectivity index (χ2v) is 6.90. The van der Waals surface area contributed by atoms with Gasteiger partial charge < -0.3 is 10.2 Å². The Morgan fingerprint density at radius 3 is 2.61 bits per heavy atom. The molecule has 0 aromatic heterocycles. The minimum Gasteiger partial charge on any atom is -0.333 e. The molecule has 1 fully saturated rings. The molecule has 120 valence electrons. The molecule has 1 atom stereocenters. The highest BCUT2D eigenvalue weighted by atomic mass is 32.2. The van der Waals surface area contributed by atoms with E-state index in [-0.39, 0.29) is 11.9 Å². The van der Waals surface area contributed by atoms with Gasteiger partial charge in [0.1, 0.15) is 0 Å². The Morgan fingerprint density at radius 1 is 1.17 bits per heavy atom. The van der Waals surface area contributed by atoms with Gasteiger partial charge in [-0.15, -0.1) is 11.8 Å². The van der Waals surface area contributed by atoms with Crippen LogP contribution in [0.15, 0.2) is 59.5 Å². The molecule has 0 saturated carbocycles. The smallest absolute Gasteiger partial charge is 0.254 e. The van der Waals surface area contributed by atoms with Crippen molar-refractivity contribution in [2.24, 2.45) is 0 Å². The van der Waals surface area contributed by atoms with E-state index in [1.165, 1.54) is 10.5 Å². The average Bonchev–Trinajstić information content (AvgIpc) is 2.61. The van der Waals surface area contributed by atoms with Gasteiger partial charge in [0, 0.05) is 41.9 Å². The molecule has 1 heterocycles. The number of nitrogens with zero attached hydrogens (tertiary/aromatic N) is 1. The Bertz CT molecular complexity index is 642. The molecule has 0 spiro atoms. The van der Waals surface area contributed by atoms with E-state index in [2.05, 4.69) is 36.5 Å². The molecule has 1 N–H and O–H groups in total. The van der Waals surface area contributed by atoms with Gasteiger partial charge >= 0.3 is 0 Å². The highest BCUT2D eigenvalue weighted by molar-refractivity contribution is 7.98. The van der Waals surface area contributed by atoms with Crippen molar-refractivity contribution in [3.05, 3.63) is 65.7 Å². The lowest BCUT2D eigenvalue weighted by atomic mass is 10.1. The molecule has 3 nitrogen and oxygen atoms in total. The second kappa shape index (κ2) is 7.66. The lowest BCUT2D eigenvalue weighted by Gasteiger charge is -2.34. The van der Waals surface area contributed by atoms with E-state index in [4.69, 9.17) is 0 Å². The Hall–Kier alpha value is -1.78. The van der Waals surface area contributed by atoms with Gasteiger partial charge in [0.2, 0.25) is 0 Å². The number of amides is 1. The molecule has 0 aliphatic carbocycles. The standard InChI is InChI=1S/C19H22N2OS/c1-15-13-20-11-12-21(15)19(22)17-7-9-18(10-8-17)23-14-16-5-3-2-4-6-16/h2-10,15,20H,11-14H2,1H3. The monoisotopic (exact) mass is 326 g/mol. The van der Waals surface area contributed by atoms with Crippen LogP contribution in [0.3, 0.4) is 0 Å². The fourth-order valence-electron chi connectivity index (χ4n) is 2.74. The summed E-state index contributed by atoms with van der Waals surface area (Å²) in [6.45, 7) is 4.62. The topological polar surface area (TPSA) is 32.3 Å². The first-order valence-corrected chi connectivity index (χ1v) is 9.01. The normalized spacial score (nSPS) is 18.0. The summed E-state index contributed by atoms with van der Waals surface area (Å²) in [5.41, 5.74) is 2.09. The van der Waals surface area contributed by atoms with E-state index in [9.17, 15) is 4.79 Å². The Labute approximate surface area is 142 Å². The van der Waals surface area contributed by atoms with Gasteiger partial charge in [-0.25, -0.2) is 0 Å². The number of nitrogens with one attached hydrogen (secondary N) is 1. The first kappa shape index (κ1) is 16.1. The summed E-state index contributed by atoms with van der Waals surface area (Å²) in [7, 11) is 0. The molecule has 1 unspecified atom stereocenters. The molecule has 4 heteroatoms. The number of hydrogen-bond donors (Lipinski definition) is 1. The third kappa shape index (κ3) is 4.15. The van der Waals surface area contributed by atoms with Crippen LogP contribution in [0, 0.1) is 0 Å². The lowest BCUT2D eigenvalue weighted by Crippen LogP contribution is -2.52. The van der Waals surface area contributed by atoms with E-state index < -0.39 is 0 Å². The number of thioether (sulfide) groups is 1. The van der Waals surface area contributed by atoms with Crippen molar-refractivity contribution in [1.29, 1.82) is 0 Å². The molecule has 2 aromatic rings. The van der Waals surface area contributed by atoms with E-state index >= 15 is 0 Å². The number of piperazine rings is 1. The Kier molecular flexibility index (Phi) is 5.36. The van der Waals surface area contributed by atoms with Crippen LogP contribution in [0.25, 0.3) is 0 Å². The summed E-state index contributed by atoms with van der Waals surface area (Å²) < 4.78 is 0. The summed E-state index contributed by atoms with van der Waals surface area (Å²) in [5, 5.41) is 3.32. The summed E-state index contributed by atoms with van der Waals surface area (Å²) >= 11 is 1.80. The largest absolute Gasteiger partial charge is 0.333 e. The Balaban J connectivity index is 1.61. The van der Waals surface area contributed by atoms with Gasteiger partial charge in [0.05, 0.1) is 0 Å². The summed E-state index contributed by atoms with van der Waals surface area (Å²) in [6.07, 6.45) is 0. The van der Waals surface area contributed by atoms with Crippen LogP contribution < -0.4 is 5.32 Å². The van der Waals surface area contributed by atoms with E-state index in [0.717, 1.165) is 31.0 Å². The maximum atomic E-state index is 12.6. The third-order valence-electron chi connectivity index (χ3n) is 4.11. The highest BCUT2D eigenvalue weighted by Crippen LogP contribution is 2.23. The van der Waals surface area contributed by atoms with Gasteiger partial charge in [0.15, 0.2) is 0 Å². The summed E-state index contributed by atoms with van der Waals surface area (Å²) in [4.78, 5) is 15.7. The Morgan fingerprint density at radius 2 is 1.91 bits per heavy atom. The van der Waals surface area contributed by atoms with Crippen LogP contribution in [0.4, 0.5) is 0 Å². The molecular formula is C19H22N2OS. The molecule has 3 rings (SSSR count). The van der Waals surface area contributed by atoms with E-state index in [1.807, 2.05) is 35.2 Å². The molecule has 1 saturated heterocycles. The molecule has 1 aliphatic rings. The van der Waals surface area contributed by atoms with Crippen LogP contribution in [0.5, 0.6) is 0 Å². The summed E-state index contributed by atoms with van der Waals surface area (Å²) in [5.74, 6) is 1.08. The molecule has 2 aromatic carbocycles. The zero-order chi connectivity index (χ0) is 16.1. The van der Waals surface area contributed by atoms with Crippen LogP contribution in [0.2, 0.25) is 0 Å². The van der Waals surface area contributed by atoms with Crippen molar-refractivity contribution < 1.29 is 4.79 Å². The van der Waals surface area contributed by atoms with Crippen molar-refractivity contribution in [2.45, 2.75) is 23.6 Å². The first-order chi connectivity index (χ1) is 11.2. The first-order valence-electron chi connectivity index (χ1n) is 8.02. The molecule has 0 radical (unpaired) electrons. The van der Waals surface area contributed by atoms with Crippen LogP contribution in [0.1, 0.15) is 22.8 Å². The lowest BCUT2D eigenvalue weighted by molar-refractivity contribution is 0.0655. The maximum Gasteiger partial charge on any atom is 0.254 e.